The summed E-state index contributed by atoms with van der Waals surface area (Å²) in [6.07, 6.45) is -1.73. The quantitative estimate of drug-likeness (QED) is 0.124. The van der Waals surface area contributed by atoms with Gasteiger partial charge < -0.3 is 42.1 Å². The lowest BCUT2D eigenvalue weighted by Crippen LogP contribution is -2.58. The van der Waals surface area contributed by atoms with Crippen LogP contribution in [0.4, 0.5) is 0 Å². The van der Waals surface area contributed by atoms with Crippen LogP contribution in [-0.4, -0.2) is 86.8 Å². The smallest absolute Gasteiger partial charge is 0.326 e. The Labute approximate surface area is 183 Å². The SMILES string of the molecule is CC(C)[C@H](NC(=O)[C@H](CCC(=O)O)NC(=O)[C@@H](N)CO)C(=O)N[C@@H](CCC(=O)O)C(=O)O. The molecular formula is C18H30N4O10. The number of nitrogens with two attached hydrogens (primary N) is 1. The molecule has 0 saturated carbocycles. The van der Waals surface area contributed by atoms with E-state index in [2.05, 4.69) is 16.0 Å². The molecule has 0 aliphatic heterocycles. The minimum absolute atomic E-state index is 0.339. The molecule has 0 aromatic heterocycles. The molecule has 0 aliphatic rings. The number of carbonyl (C=O) groups is 6. The molecule has 0 heterocycles. The van der Waals surface area contributed by atoms with Crippen molar-refractivity contribution in [3.63, 3.8) is 0 Å². The highest BCUT2D eigenvalue weighted by atomic mass is 16.4. The zero-order valence-corrected chi connectivity index (χ0v) is 17.7. The van der Waals surface area contributed by atoms with Crippen molar-refractivity contribution in [2.24, 2.45) is 11.7 Å². The third kappa shape index (κ3) is 10.7. The molecule has 182 valence electrons. The lowest BCUT2D eigenvalue weighted by molar-refractivity contribution is -0.143. The van der Waals surface area contributed by atoms with Crippen molar-refractivity contribution < 1.29 is 49.2 Å². The molecule has 0 radical (unpaired) electrons. The maximum atomic E-state index is 12.7. The van der Waals surface area contributed by atoms with Crippen LogP contribution in [0.25, 0.3) is 0 Å². The summed E-state index contributed by atoms with van der Waals surface area (Å²) >= 11 is 0. The van der Waals surface area contributed by atoms with E-state index in [0.29, 0.717) is 0 Å². The van der Waals surface area contributed by atoms with E-state index in [9.17, 15) is 33.9 Å². The highest BCUT2D eigenvalue weighted by Crippen LogP contribution is 2.07. The Morgan fingerprint density at radius 2 is 1.22 bits per heavy atom. The third-order valence-corrected chi connectivity index (χ3v) is 4.32. The number of carboxylic acid groups (broad SMARTS) is 3. The van der Waals surface area contributed by atoms with E-state index in [1.165, 1.54) is 0 Å². The van der Waals surface area contributed by atoms with Gasteiger partial charge in [-0.3, -0.25) is 24.0 Å². The summed E-state index contributed by atoms with van der Waals surface area (Å²) in [7, 11) is 0. The molecule has 0 aromatic carbocycles. The van der Waals surface area contributed by atoms with Crippen molar-refractivity contribution in [3.8, 4) is 0 Å². The van der Waals surface area contributed by atoms with Crippen molar-refractivity contribution in [2.75, 3.05) is 6.61 Å². The minimum Gasteiger partial charge on any atom is -0.481 e. The zero-order valence-electron chi connectivity index (χ0n) is 17.7. The van der Waals surface area contributed by atoms with Gasteiger partial charge in [-0.15, -0.1) is 0 Å². The van der Waals surface area contributed by atoms with E-state index >= 15 is 0 Å². The maximum Gasteiger partial charge on any atom is 0.326 e. The molecule has 0 spiro atoms. The van der Waals surface area contributed by atoms with Gasteiger partial charge in [0, 0.05) is 12.8 Å². The van der Waals surface area contributed by atoms with E-state index in [1.54, 1.807) is 13.8 Å². The molecule has 4 atom stereocenters. The van der Waals surface area contributed by atoms with E-state index in [1.807, 2.05) is 0 Å². The van der Waals surface area contributed by atoms with E-state index in [-0.39, 0.29) is 12.8 Å². The third-order valence-electron chi connectivity index (χ3n) is 4.32. The second-order valence-electron chi connectivity index (χ2n) is 7.34. The number of amides is 3. The van der Waals surface area contributed by atoms with Crippen molar-refractivity contribution in [1.82, 2.24) is 16.0 Å². The van der Waals surface area contributed by atoms with Gasteiger partial charge >= 0.3 is 17.9 Å². The van der Waals surface area contributed by atoms with Crippen molar-refractivity contribution in [1.29, 1.82) is 0 Å². The van der Waals surface area contributed by atoms with Crippen molar-refractivity contribution in [3.05, 3.63) is 0 Å². The summed E-state index contributed by atoms with van der Waals surface area (Å²) in [5, 5.41) is 42.4. The van der Waals surface area contributed by atoms with Crippen LogP contribution in [0.1, 0.15) is 39.5 Å². The molecule has 14 nitrogen and oxygen atoms in total. The maximum absolute atomic E-state index is 12.7. The predicted molar refractivity (Wildman–Crippen MR) is 107 cm³/mol. The average Bonchev–Trinajstić information content (AvgIpc) is 2.70. The first-order valence-electron chi connectivity index (χ1n) is 9.74. The number of aliphatic hydroxyl groups is 1. The predicted octanol–water partition coefficient (Wildman–Crippen LogP) is -2.77. The van der Waals surface area contributed by atoms with Crippen LogP contribution >= 0.6 is 0 Å². The largest absolute Gasteiger partial charge is 0.481 e. The lowest BCUT2D eigenvalue weighted by Gasteiger charge is -2.26. The number of nitrogens with one attached hydrogen (secondary N) is 3. The van der Waals surface area contributed by atoms with Gasteiger partial charge in [0.1, 0.15) is 24.2 Å². The Morgan fingerprint density at radius 3 is 1.62 bits per heavy atom. The highest BCUT2D eigenvalue weighted by molar-refractivity contribution is 5.94. The Hall–Kier alpha value is -3.26. The van der Waals surface area contributed by atoms with Crippen LogP contribution in [0.2, 0.25) is 0 Å². The minimum atomic E-state index is -1.51. The summed E-state index contributed by atoms with van der Waals surface area (Å²) in [6.45, 7) is 2.37. The van der Waals surface area contributed by atoms with Gasteiger partial charge in [-0.25, -0.2) is 4.79 Å². The standard InChI is InChI=1S/C18H30N4O10/c1-8(2)14(17(30)21-11(18(31)32)4-6-13(26)27)22-16(29)10(3-5-12(24)25)20-15(28)9(19)7-23/h8-11,14,23H,3-7,19H2,1-2H3,(H,20,28)(H,21,30)(H,22,29)(H,24,25)(H,26,27)(H,31,32)/t9-,10-,11-,14-/m0/s1. The average molecular weight is 462 g/mol. The van der Waals surface area contributed by atoms with Crippen LogP contribution in [0.3, 0.4) is 0 Å². The first-order valence-corrected chi connectivity index (χ1v) is 9.74. The van der Waals surface area contributed by atoms with Gasteiger partial charge in [0.25, 0.3) is 0 Å². The molecule has 3 amide bonds. The normalized spacial score (nSPS) is 14.5. The number of rotatable bonds is 15. The molecule has 32 heavy (non-hydrogen) atoms. The number of hydrogen-bond acceptors (Lipinski definition) is 8. The molecular weight excluding hydrogens is 432 g/mol. The molecule has 0 rings (SSSR count). The van der Waals surface area contributed by atoms with Gasteiger partial charge in [0.15, 0.2) is 0 Å². The number of hydrogen-bond donors (Lipinski definition) is 8. The Balaban J connectivity index is 5.42. The summed E-state index contributed by atoms with van der Waals surface area (Å²) < 4.78 is 0. The van der Waals surface area contributed by atoms with Crippen molar-refractivity contribution in [2.45, 2.75) is 63.7 Å². The lowest BCUT2D eigenvalue weighted by atomic mass is 10.0. The fraction of sp³-hybridized carbons (Fsp3) is 0.667. The van der Waals surface area contributed by atoms with Gasteiger partial charge in [0.2, 0.25) is 17.7 Å². The van der Waals surface area contributed by atoms with Crippen LogP contribution in [-0.2, 0) is 28.8 Å². The van der Waals surface area contributed by atoms with Gasteiger partial charge in [-0.1, -0.05) is 13.8 Å². The van der Waals surface area contributed by atoms with Crippen LogP contribution in [0.5, 0.6) is 0 Å². The Kier molecular flexibility index (Phi) is 12.5. The number of aliphatic carboxylic acids is 3. The van der Waals surface area contributed by atoms with E-state index in [4.69, 9.17) is 21.1 Å². The summed E-state index contributed by atoms with van der Waals surface area (Å²) in [6, 6.07) is -5.54. The Bertz CT molecular complexity index is 712. The fourth-order valence-corrected chi connectivity index (χ4v) is 2.47. The summed E-state index contributed by atoms with van der Waals surface area (Å²) in [4.78, 5) is 70.0. The zero-order chi connectivity index (χ0) is 25.0. The van der Waals surface area contributed by atoms with Crippen LogP contribution in [0.15, 0.2) is 0 Å². The monoisotopic (exact) mass is 462 g/mol. The molecule has 9 N–H and O–H groups in total. The first-order chi connectivity index (χ1) is 14.8. The second kappa shape index (κ2) is 13.9. The molecule has 0 bridgehead atoms. The first kappa shape index (κ1) is 28.7. The highest BCUT2D eigenvalue weighted by Gasteiger charge is 2.32. The summed E-state index contributed by atoms with van der Waals surface area (Å²) in [5.74, 6) is -7.25. The van der Waals surface area contributed by atoms with Gasteiger partial charge in [-0.05, 0) is 18.8 Å². The van der Waals surface area contributed by atoms with Gasteiger partial charge in [-0.2, -0.15) is 0 Å². The number of aliphatic hydroxyl groups excluding tert-OH is 1. The summed E-state index contributed by atoms with van der Waals surface area (Å²) in [5.41, 5.74) is 5.38. The van der Waals surface area contributed by atoms with E-state index in [0.717, 1.165) is 0 Å². The van der Waals surface area contributed by atoms with Crippen LogP contribution < -0.4 is 21.7 Å². The molecule has 0 fully saturated rings. The topological polar surface area (TPSA) is 245 Å². The Morgan fingerprint density at radius 1 is 0.750 bits per heavy atom. The van der Waals surface area contributed by atoms with Crippen LogP contribution in [0, 0.1) is 5.92 Å². The molecule has 14 heteroatoms. The van der Waals surface area contributed by atoms with Crippen molar-refractivity contribution >= 4 is 35.6 Å². The number of carbonyl (C=O) groups excluding carboxylic acids is 3. The fourth-order valence-electron chi connectivity index (χ4n) is 2.47. The second-order valence-corrected chi connectivity index (χ2v) is 7.34. The van der Waals surface area contributed by atoms with E-state index < -0.39 is 85.2 Å². The molecule has 0 aliphatic carbocycles. The van der Waals surface area contributed by atoms with Gasteiger partial charge in [0.05, 0.1) is 6.61 Å². The molecule has 0 unspecified atom stereocenters. The molecule has 0 saturated heterocycles. The molecule has 0 aromatic rings. The number of carboxylic acids is 3.